The van der Waals surface area contributed by atoms with E-state index in [9.17, 15) is 14.4 Å². The fourth-order valence-electron chi connectivity index (χ4n) is 4.41. The molecule has 2 aliphatic rings. The van der Waals surface area contributed by atoms with E-state index in [0.717, 1.165) is 12.8 Å². The summed E-state index contributed by atoms with van der Waals surface area (Å²) in [5, 5.41) is 5.79. The highest BCUT2D eigenvalue weighted by Crippen LogP contribution is 2.38. The van der Waals surface area contributed by atoms with Gasteiger partial charge >= 0.3 is 0 Å². The summed E-state index contributed by atoms with van der Waals surface area (Å²) in [6.45, 7) is 4.69. The maximum atomic E-state index is 13.0. The van der Waals surface area contributed by atoms with E-state index in [1.54, 1.807) is 38.3 Å². The maximum Gasteiger partial charge on any atom is 0.253 e. The zero-order valence-corrected chi connectivity index (χ0v) is 16.7. The van der Waals surface area contributed by atoms with Crippen molar-refractivity contribution >= 4 is 23.4 Å². The van der Waals surface area contributed by atoms with Crippen molar-refractivity contribution in [1.82, 2.24) is 10.2 Å². The molecule has 1 aromatic carbocycles. The number of methoxy groups -OCH3 is 1. The van der Waals surface area contributed by atoms with Gasteiger partial charge in [-0.25, -0.2) is 0 Å². The van der Waals surface area contributed by atoms with Gasteiger partial charge in [0, 0.05) is 44.8 Å². The van der Waals surface area contributed by atoms with Crippen molar-refractivity contribution in [1.29, 1.82) is 0 Å². The molecule has 0 unspecified atom stereocenters. The van der Waals surface area contributed by atoms with Crippen molar-refractivity contribution in [2.45, 2.75) is 45.3 Å². The fourth-order valence-corrected chi connectivity index (χ4v) is 4.41. The lowest BCUT2D eigenvalue weighted by Crippen LogP contribution is -2.49. The van der Waals surface area contributed by atoms with E-state index >= 15 is 0 Å². The van der Waals surface area contributed by atoms with Crippen molar-refractivity contribution < 1.29 is 19.1 Å². The molecule has 0 radical (unpaired) electrons. The van der Waals surface area contributed by atoms with Crippen molar-refractivity contribution in [2.24, 2.45) is 11.8 Å². The van der Waals surface area contributed by atoms with Crippen LogP contribution in [-0.4, -0.2) is 55.0 Å². The minimum Gasteiger partial charge on any atom is -0.379 e. The molecule has 4 atom stereocenters. The summed E-state index contributed by atoms with van der Waals surface area (Å²) in [5.41, 5.74) is 1.22. The Labute approximate surface area is 165 Å². The molecule has 1 aromatic rings. The molecule has 28 heavy (non-hydrogen) atoms. The van der Waals surface area contributed by atoms with Gasteiger partial charge in [0.15, 0.2) is 0 Å². The Morgan fingerprint density at radius 2 is 1.89 bits per heavy atom. The van der Waals surface area contributed by atoms with Crippen LogP contribution in [-0.2, 0) is 14.3 Å². The molecule has 7 nitrogen and oxygen atoms in total. The average molecular weight is 387 g/mol. The fraction of sp³-hybridized carbons (Fsp3) is 0.571. The van der Waals surface area contributed by atoms with E-state index in [1.165, 1.54) is 6.92 Å². The Morgan fingerprint density at radius 3 is 2.54 bits per heavy atom. The molecule has 7 heteroatoms. The molecule has 1 aliphatic heterocycles. The highest BCUT2D eigenvalue weighted by molar-refractivity contribution is 5.97. The number of hydrogen-bond acceptors (Lipinski definition) is 4. The number of nitrogens with one attached hydrogen (secondary N) is 2. The van der Waals surface area contributed by atoms with E-state index in [1.807, 2.05) is 4.90 Å². The zero-order chi connectivity index (χ0) is 20.3. The summed E-state index contributed by atoms with van der Waals surface area (Å²) >= 11 is 0. The molecule has 0 spiro atoms. The first-order valence-corrected chi connectivity index (χ1v) is 9.90. The minimum atomic E-state index is -0.0774. The van der Waals surface area contributed by atoms with Crippen molar-refractivity contribution in [3.63, 3.8) is 0 Å². The molecular formula is C21H29N3O4. The van der Waals surface area contributed by atoms with Crippen LogP contribution in [0.1, 0.15) is 43.5 Å². The van der Waals surface area contributed by atoms with Gasteiger partial charge in [-0.2, -0.15) is 0 Å². The summed E-state index contributed by atoms with van der Waals surface area (Å²) in [7, 11) is 1.67. The summed E-state index contributed by atoms with van der Waals surface area (Å²) in [6.07, 6.45) is 2.03. The summed E-state index contributed by atoms with van der Waals surface area (Å²) in [4.78, 5) is 38.0. The van der Waals surface area contributed by atoms with Crippen LogP contribution in [0.25, 0.3) is 0 Å². The molecule has 0 bridgehead atoms. The first-order valence-electron chi connectivity index (χ1n) is 9.90. The summed E-state index contributed by atoms with van der Waals surface area (Å²) in [5.74, 6) is 0.581. The number of carbonyl (C=O) groups is 3. The first-order chi connectivity index (χ1) is 13.4. The van der Waals surface area contributed by atoms with E-state index in [0.29, 0.717) is 42.6 Å². The summed E-state index contributed by atoms with van der Waals surface area (Å²) < 4.78 is 5.60. The van der Waals surface area contributed by atoms with Crippen LogP contribution in [0.4, 0.5) is 5.69 Å². The lowest BCUT2D eigenvalue weighted by Gasteiger charge is -2.37. The third-order valence-corrected chi connectivity index (χ3v) is 5.81. The SMILES string of the molecule is CCC(=O)Nc1cccc(C(=O)N2C[C@H]3C[C@@H](NC(C)=O)[C@H](OC)C[C@H]3C2)c1. The molecule has 3 amide bonds. The van der Waals surface area contributed by atoms with Gasteiger partial charge in [-0.1, -0.05) is 13.0 Å². The van der Waals surface area contributed by atoms with Crippen LogP contribution in [0.3, 0.4) is 0 Å². The van der Waals surface area contributed by atoms with Crippen LogP contribution in [0, 0.1) is 11.8 Å². The number of fused-ring (bicyclic) bond motifs is 1. The van der Waals surface area contributed by atoms with E-state index in [-0.39, 0.29) is 29.9 Å². The van der Waals surface area contributed by atoms with Crippen molar-refractivity contribution in [3.05, 3.63) is 29.8 Å². The second kappa shape index (κ2) is 8.73. The van der Waals surface area contributed by atoms with Gasteiger partial charge in [0.2, 0.25) is 11.8 Å². The number of hydrogen-bond donors (Lipinski definition) is 2. The molecule has 1 saturated heterocycles. The first kappa shape index (κ1) is 20.3. The monoisotopic (exact) mass is 387 g/mol. The molecule has 1 aliphatic carbocycles. The van der Waals surface area contributed by atoms with Crippen molar-refractivity contribution in [3.8, 4) is 0 Å². The Morgan fingerprint density at radius 1 is 1.18 bits per heavy atom. The highest BCUT2D eigenvalue weighted by Gasteiger charge is 2.44. The number of benzene rings is 1. The van der Waals surface area contributed by atoms with Crippen LogP contribution in [0.15, 0.2) is 24.3 Å². The van der Waals surface area contributed by atoms with Gasteiger partial charge in [0.1, 0.15) is 0 Å². The number of carbonyl (C=O) groups excluding carboxylic acids is 3. The third kappa shape index (κ3) is 4.52. The topological polar surface area (TPSA) is 87.7 Å². The predicted molar refractivity (Wildman–Crippen MR) is 106 cm³/mol. The Kier molecular flexibility index (Phi) is 6.34. The Bertz CT molecular complexity index is 751. The van der Waals surface area contributed by atoms with Gasteiger partial charge in [-0.3, -0.25) is 14.4 Å². The molecule has 1 saturated carbocycles. The van der Waals surface area contributed by atoms with Gasteiger partial charge in [0.25, 0.3) is 5.91 Å². The zero-order valence-electron chi connectivity index (χ0n) is 16.7. The van der Waals surface area contributed by atoms with Gasteiger partial charge < -0.3 is 20.3 Å². The molecule has 152 valence electrons. The number of ether oxygens (including phenoxy) is 1. The van der Waals surface area contributed by atoms with Crippen LogP contribution in [0.2, 0.25) is 0 Å². The average Bonchev–Trinajstić information content (AvgIpc) is 3.09. The van der Waals surface area contributed by atoms with Gasteiger partial charge in [-0.15, -0.1) is 0 Å². The van der Waals surface area contributed by atoms with E-state index in [4.69, 9.17) is 4.74 Å². The molecule has 2 N–H and O–H groups in total. The predicted octanol–water partition coefficient (Wildman–Crippen LogP) is 2.04. The number of nitrogens with zero attached hydrogens (tertiary/aromatic N) is 1. The number of anilines is 1. The molecule has 0 aromatic heterocycles. The van der Waals surface area contributed by atoms with Crippen LogP contribution in [0.5, 0.6) is 0 Å². The second-order valence-electron chi connectivity index (χ2n) is 7.77. The smallest absolute Gasteiger partial charge is 0.253 e. The normalized spacial score (nSPS) is 26.5. The Balaban J connectivity index is 1.68. The molecule has 2 fully saturated rings. The maximum absolute atomic E-state index is 13.0. The molecule has 3 rings (SSSR count). The quantitative estimate of drug-likeness (QED) is 0.809. The third-order valence-electron chi connectivity index (χ3n) is 5.81. The van der Waals surface area contributed by atoms with Crippen LogP contribution < -0.4 is 10.6 Å². The molecule has 1 heterocycles. The molecular weight excluding hydrogens is 358 g/mol. The lowest BCUT2D eigenvalue weighted by atomic mass is 9.77. The second-order valence-corrected chi connectivity index (χ2v) is 7.77. The minimum absolute atomic E-state index is 0.00798. The lowest BCUT2D eigenvalue weighted by molar-refractivity contribution is -0.121. The number of rotatable bonds is 5. The Hall–Kier alpha value is -2.41. The van der Waals surface area contributed by atoms with Crippen molar-refractivity contribution in [2.75, 3.05) is 25.5 Å². The number of likely N-dealkylation sites (tertiary alicyclic amines) is 1. The largest absolute Gasteiger partial charge is 0.379 e. The van der Waals surface area contributed by atoms with E-state index < -0.39 is 0 Å². The summed E-state index contributed by atoms with van der Waals surface area (Å²) in [6, 6.07) is 7.08. The van der Waals surface area contributed by atoms with Crippen LogP contribution >= 0.6 is 0 Å². The van der Waals surface area contributed by atoms with Gasteiger partial charge in [-0.05, 0) is 42.9 Å². The standard InChI is InChI=1S/C21H29N3O4/c1-4-20(26)23-17-7-5-6-14(8-17)21(27)24-11-15-9-18(22-13(2)25)19(28-3)10-16(15)12-24/h5-8,15-16,18-19H,4,9-12H2,1-3H3,(H,22,25)(H,23,26)/t15-,16+,18-,19-/m1/s1. The van der Waals surface area contributed by atoms with E-state index in [2.05, 4.69) is 10.6 Å². The highest BCUT2D eigenvalue weighted by atomic mass is 16.5. The number of amides is 3. The van der Waals surface area contributed by atoms with Gasteiger partial charge in [0.05, 0.1) is 12.1 Å².